The molecule has 1 heterocycles. The van der Waals surface area contributed by atoms with Gasteiger partial charge in [0, 0.05) is 19.5 Å². The van der Waals surface area contributed by atoms with E-state index in [9.17, 15) is 4.79 Å². The Morgan fingerprint density at radius 2 is 2.06 bits per heavy atom. The van der Waals surface area contributed by atoms with Crippen LogP contribution in [0.3, 0.4) is 0 Å². The highest BCUT2D eigenvalue weighted by Gasteiger charge is 2.20. The van der Waals surface area contributed by atoms with Crippen LogP contribution >= 0.6 is 0 Å². The van der Waals surface area contributed by atoms with E-state index in [0.717, 1.165) is 25.9 Å². The van der Waals surface area contributed by atoms with Gasteiger partial charge in [0.05, 0.1) is 12.7 Å². The molecule has 0 aromatic heterocycles. The van der Waals surface area contributed by atoms with Crippen LogP contribution in [0.25, 0.3) is 0 Å². The molecule has 1 aliphatic heterocycles. The van der Waals surface area contributed by atoms with E-state index in [2.05, 4.69) is 6.92 Å². The van der Waals surface area contributed by atoms with Crippen molar-refractivity contribution in [3.05, 3.63) is 0 Å². The molecule has 0 aromatic carbocycles. The monoisotopic (exact) mass is 227 g/mol. The molecule has 3 heteroatoms. The maximum atomic E-state index is 11.8. The summed E-state index contributed by atoms with van der Waals surface area (Å²) in [6.07, 6.45) is 6.99. The number of carbonyl (C=O) groups excluding carboxylic acids is 1. The average molecular weight is 227 g/mol. The molecule has 0 spiro atoms. The Bertz CT molecular complexity index is 206. The molecule has 1 unspecified atom stereocenters. The summed E-state index contributed by atoms with van der Waals surface area (Å²) in [4.78, 5) is 13.8. The normalized spacial score (nSPS) is 21.1. The van der Waals surface area contributed by atoms with Crippen LogP contribution in [-0.4, -0.2) is 36.6 Å². The van der Waals surface area contributed by atoms with E-state index in [-0.39, 0.29) is 6.10 Å². The minimum Gasteiger partial charge on any atom is -0.375 e. The molecule has 0 aliphatic carbocycles. The quantitative estimate of drug-likeness (QED) is 0.653. The molecule has 1 amide bonds. The lowest BCUT2D eigenvalue weighted by atomic mass is 10.1. The highest BCUT2D eigenvalue weighted by molar-refractivity contribution is 5.76. The second kappa shape index (κ2) is 7.66. The first-order valence-electron chi connectivity index (χ1n) is 6.63. The van der Waals surface area contributed by atoms with Gasteiger partial charge in [-0.25, -0.2) is 0 Å². The largest absolute Gasteiger partial charge is 0.375 e. The minimum absolute atomic E-state index is 0.206. The Labute approximate surface area is 99.1 Å². The summed E-state index contributed by atoms with van der Waals surface area (Å²) in [6, 6.07) is 0. The zero-order chi connectivity index (χ0) is 11.8. The number of hydrogen-bond donors (Lipinski definition) is 0. The fraction of sp³-hybridized carbons (Fsp3) is 0.923. The standard InChI is InChI=1S/C13H25NO2/c1-3-4-5-6-7-8-13(15)14-9-10-16-12(2)11-14/h12H,3-11H2,1-2H3. The molecule has 94 valence electrons. The van der Waals surface area contributed by atoms with Crippen LogP contribution in [-0.2, 0) is 9.53 Å². The van der Waals surface area contributed by atoms with E-state index in [4.69, 9.17) is 4.74 Å². The summed E-state index contributed by atoms with van der Waals surface area (Å²) >= 11 is 0. The lowest BCUT2D eigenvalue weighted by Crippen LogP contribution is -2.44. The smallest absolute Gasteiger partial charge is 0.222 e. The molecule has 0 N–H and O–H groups in total. The van der Waals surface area contributed by atoms with Crippen LogP contribution in [0.2, 0.25) is 0 Å². The SMILES string of the molecule is CCCCCCCC(=O)N1CCOC(C)C1. The van der Waals surface area contributed by atoms with Crippen LogP contribution < -0.4 is 0 Å². The van der Waals surface area contributed by atoms with Gasteiger partial charge in [-0.3, -0.25) is 4.79 Å². The van der Waals surface area contributed by atoms with Gasteiger partial charge >= 0.3 is 0 Å². The van der Waals surface area contributed by atoms with E-state index in [1.165, 1.54) is 25.7 Å². The molecule has 0 aromatic rings. The third-order valence-electron chi connectivity index (χ3n) is 3.09. The highest BCUT2D eigenvalue weighted by atomic mass is 16.5. The summed E-state index contributed by atoms with van der Waals surface area (Å²) in [7, 11) is 0. The zero-order valence-electron chi connectivity index (χ0n) is 10.7. The van der Waals surface area contributed by atoms with Crippen LogP contribution in [0.5, 0.6) is 0 Å². The molecule has 0 saturated carbocycles. The molecule has 0 radical (unpaired) electrons. The third-order valence-corrected chi connectivity index (χ3v) is 3.09. The van der Waals surface area contributed by atoms with Gasteiger partial charge in [-0.2, -0.15) is 0 Å². The lowest BCUT2D eigenvalue weighted by Gasteiger charge is -2.31. The molecule has 0 bridgehead atoms. The van der Waals surface area contributed by atoms with Crippen LogP contribution in [0, 0.1) is 0 Å². The van der Waals surface area contributed by atoms with Crippen molar-refractivity contribution in [2.45, 2.75) is 58.5 Å². The summed E-state index contributed by atoms with van der Waals surface area (Å²) in [5.41, 5.74) is 0. The van der Waals surface area contributed by atoms with Crippen LogP contribution in [0.1, 0.15) is 52.4 Å². The van der Waals surface area contributed by atoms with Gasteiger partial charge < -0.3 is 9.64 Å². The van der Waals surface area contributed by atoms with E-state index >= 15 is 0 Å². The van der Waals surface area contributed by atoms with Crippen molar-refractivity contribution in [1.29, 1.82) is 0 Å². The summed E-state index contributed by atoms with van der Waals surface area (Å²) in [6.45, 7) is 6.48. The molecule has 16 heavy (non-hydrogen) atoms. The van der Waals surface area contributed by atoms with Gasteiger partial charge in [0.25, 0.3) is 0 Å². The fourth-order valence-corrected chi connectivity index (χ4v) is 2.08. The van der Waals surface area contributed by atoms with Crippen LogP contribution in [0.4, 0.5) is 0 Å². The molecule has 1 saturated heterocycles. The molecule has 3 nitrogen and oxygen atoms in total. The zero-order valence-corrected chi connectivity index (χ0v) is 10.7. The van der Waals surface area contributed by atoms with Crippen LogP contribution in [0.15, 0.2) is 0 Å². The van der Waals surface area contributed by atoms with Crippen molar-refractivity contribution in [2.24, 2.45) is 0 Å². The lowest BCUT2D eigenvalue weighted by molar-refractivity contribution is -0.138. The second-order valence-corrected chi connectivity index (χ2v) is 4.69. The van der Waals surface area contributed by atoms with Gasteiger partial charge in [0.2, 0.25) is 5.91 Å². The maximum Gasteiger partial charge on any atom is 0.222 e. The summed E-state index contributed by atoms with van der Waals surface area (Å²) < 4.78 is 5.42. The molecule has 1 atom stereocenters. The second-order valence-electron chi connectivity index (χ2n) is 4.69. The fourth-order valence-electron chi connectivity index (χ4n) is 2.08. The van der Waals surface area contributed by atoms with Crippen molar-refractivity contribution in [2.75, 3.05) is 19.7 Å². The number of amides is 1. The number of hydrogen-bond acceptors (Lipinski definition) is 2. The predicted octanol–water partition coefficient (Wildman–Crippen LogP) is 2.59. The average Bonchev–Trinajstić information content (AvgIpc) is 2.28. The summed E-state index contributed by atoms with van der Waals surface area (Å²) in [5.74, 6) is 0.312. The first-order valence-corrected chi connectivity index (χ1v) is 6.63. The van der Waals surface area contributed by atoms with E-state index in [1.54, 1.807) is 0 Å². The van der Waals surface area contributed by atoms with E-state index in [1.807, 2.05) is 11.8 Å². The molecule has 1 rings (SSSR count). The first-order chi connectivity index (χ1) is 7.74. The first kappa shape index (κ1) is 13.5. The minimum atomic E-state index is 0.206. The number of rotatable bonds is 6. The van der Waals surface area contributed by atoms with Gasteiger partial charge in [-0.05, 0) is 13.3 Å². The predicted molar refractivity (Wildman–Crippen MR) is 65.4 cm³/mol. The van der Waals surface area contributed by atoms with E-state index < -0.39 is 0 Å². The van der Waals surface area contributed by atoms with Gasteiger partial charge in [0.15, 0.2) is 0 Å². The van der Waals surface area contributed by atoms with Crippen molar-refractivity contribution >= 4 is 5.91 Å². The van der Waals surface area contributed by atoms with Crippen molar-refractivity contribution in [3.63, 3.8) is 0 Å². The molecule has 1 aliphatic rings. The summed E-state index contributed by atoms with van der Waals surface area (Å²) in [5, 5.41) is 0. The topological polar surface area (TPSA) is 29.5 Å². The number of nitrogens with zero attached hydrogens (tertiary/aromatic N) is 1. The van der Waals surface area contributed by atoms with Crippen molar-refractivity contribution in [3.8, 4) is 0 Å². The van der Waals surface area contributed by atoms with Gasteiger partial charge in [-0.15, -0.1) is 0 Å². The Hall–Kier alpha value is -0.570. The Morgan fingerprint density at radius 3 is 2.75 bits per heavy atom. The maximum absolute atomic E-state index is 11.8. The van der Waals surface area contributed by atoms with Crippen molar-refractivity contribution < 1.29 is 9.53 Å². The Kier molecular flexibility index (Phi) is 6.46. The number of unbranched alkanes of at least 4 members (excludes halogenated alkanes) is 4. The molecular weight excluding hydrogens is 202 g/mol. The van der Waals surface area contributed by atoms with Gasteiger partial charge in [0.1, 0.15) is 0 Å². The molecule has 1 fully saturated rings. The molecular formula is C13H25NO2. The van der Waals surface area contributed by atoms with Gasteiger partial charge in [-0.1, -0.05) is 32.6 Å². The highest BCUT2D eigenvalue weighted by Crippen LogP contribution is 2.10. The van der Waals surface area contributed by atoms with E-state index in [0.29, 0.717) is 12.5 Å². The van der Waals surface area contributed by atoms with Crippen molar-refractivity contribution in [1.82, 2.24) is 4.90 Å². The number of ether oxygens (including phenoxy) is 1. The Morgan fingerprint density at radius 1 is 1.31 bits per heavy atom. The number of carbonyl (C=O) groups is 1. The Balaban J connectivity index is 2.09. The third kappa shape index (κ3) is 4.97. The number of morpholine rings is 1.